The Morgan fingerprint density at radius 1 is 1.00 bits per heavy atom. The molecule has 7 heteroatoms. The van der Waals surface area contributed by atoms with Crippen molar-refractivity contribution in [2.24, 2.45) is 0 Å². The van der Waals surface area contributed by atoms with Gasteiger partial charge in [-0.1, -0.05) is 36.4 Å². The smallest absolute Gasteiger partial charge is 0.303 e. The number of oxazole rings is 1. The molecule has 0 saturated heterocycles. The molecule has 0 unspecified atom stereocenters. The van der Waals surface area contributed by atoms with E-state index in [1.807, 2.05) is 92.1 Å². The van der Waals surface area contributed by atoms with Gasteiger partial charge in [-0.05, 0) is 60.9 Å². The van der Waals surface area contributed by atoms with Crippen LogP contribution in [0.15, 0.2) is 95.8 Å². The maximum absolute atomic E-state index is 11.1. The summed E-state index contributed by atoms with van der Waals surface area (Å²) in [6, 6.07) is 23.5. The van der Waals surface area contributed by atoms with Gasteiger partial charge in [-0.3, -0.25) is 9.78 Å². The van der Waals surface area contributed by atoms with Crippen molar-refractivity contribution in [1.82, 2.24) is 14.5 Å². The summed E-state index contributed by atoms with van der Waals surface area (Å²) in [6.45, 7) is 2.86. The summed E-state index contributed by atoms with van der Waals surface area (Å²) in [6.07, 6.45) is 6.31. The lowest BCUT2D eigenvalue weighted by Crippen LogP contribution is -1.99. The van der Waals surface area contributed by atoms with Crippen molar-refractivity contribution >= 4 is 5.97 Å². The number of nitrogens with zero attached hydrogens (tertiary/aromatic N) is 3. The summed E-state index contributed by atoms with van der Waals surface area (Å²) < 4.78 is 13.9. The predicted octanol–water partition coefficient (Wildman–Crippen LogP) is 6.16. The molecule has 0 aliphatic heterocycles. The highest BCUT2D eigenvalue weighted by Crippen LogP contribution is 2.26. The molecule has 0 radical (unpaired) electrons. The molecule has 0 aliphatic rings. The van der Waals surface area contributed by atoms with Crippen molar-refractivity contribution in [3.63, 3.8) is 0 Å². The molecule has 5 rings (SSSR count). The quantitative estimate of drug-likeness (QED) is 0.251. The zero-order valence-electron chi connectivity index (χ0n) is 20.5. The minimum atomic E-state index is -0.813. The lowest BCUT2D eigenvalue weighted by molar-refractivity contribution is -0.136. The number of carboxylic acids is 1. The number of aliphatic carboxylic acids is 1. The van der Waals surface area contributed by atoms with Crippen molar-refractivity contribution in [2.75, 3.05) is 0 Å². The molecule has 2 aromatic carbocycles. The highest BCUT2D eigenvalue weighted by molar-refractivity contribution is 5.69. The largest absolute Gasteiger partial charge is 0.487 e. The van der Waals surface area contributed by atoms with Gasteiger partial charge in [0.25, 0.3) is 0 Å². The fourth-order valence-electron chi connectivity index (χ4n) is 4.16. The van der Waals surface area contributed by atoms with Gasteiger partial charge in [0.05, 0.1) is 5.69 Å². The van der Waals surface area contributed by atoms with Crippen LogP contribution in [-0.2, 0) is 24.4 Å². The number of aromatic nitrogens is 3. The van der Waals surface area contributed by atoms with Crippen LogP contribution in [0.25, 0.3) is 22.7 Å². The Hall–Kier alpha value is -4.65. The molecular formula is C30H27N3O4. The first kappa shape index (κ1) is 24.1. The van der Waals surface area contributed by atoms with Crippen LogP contribution in [0.5, 0.6) is 5.75 Å². The Balaban J connectivity index is 1.25. The first-order valence-electron chi connectivity index (χ1n) is 12.1. The van der Waals surface area contributed by atoms with Crippen LogP contribution in [0.2, 0.25) is 0 Å². The summed E-state index contributed by atoms with van der Waals surface area (Å²) in [5.74, 6) is 1.26. The molecule has 0 bridgehead atoms. The molecule has 0 amide bonds. The molecule has 5 aromatic rings. The molecule has 0 spiro atoms. The number of aryl methyl sites for hydroxylation is 2. The normalized spacial score (nSPS) is 10.9. The Kier molecular flexibility index (Phi) is 7.12. The third-order valence-electron chi connectivity index (χ3n) is 6.09. The Morgan fingerprint density at radius 3 is 2.51 bits per heavy atom. The third kappa shape index (κ3) is 5.95. The highest BCUT2D eigenvalue weighted by atomic mass is 16.5. The first-order valence-corrected chi connectivity index (χ1v) is 12.1. The summed E-state index contributed by atoms with van der Waals surface area (Å²) >= 11 is 0. The van der Waals surface area contributed by atoms with Gasteiger partial charge >= 0.3 is 5.97 Å². The molecule has 0 atom stereocenters. The Labute approximate surface area is 215 Å². The third-order valence-corrected chi connectivity index (χ3v) is 6.09. The molecule has 37 heavy (non-hydrogen) atoms. The maximum Gasteiger partial charge on any atom is 0.303 e. The second kappa shape index (κ2) is 11.0. The average Bonchev–Trinajstić information content (AvgIpc) is 3.51. The van der Waals surface area contributed by atoms with Crippen molar-refractivity contribution in [3.8, 4) is 28.5 Å². The zero-order valence-corrected chi connectivity index (χ0v) is 20.5. The van der Waals surface area contributed by atoms with E-state index in [0.29, 0.717) is 25.5 Å². The highest BCUT2D eigenvalue weighted by Gasteiger charge is 2.13. The van der Waals surface area contributed by atoms with Crippen LogP contribution < -0.4 is 4.74 Å². The van der Waals surface area contributed by atoms with Crippen molar-refractivity contribution in [1.29, 1.82) is 0 Å². The second-order valence-corrected chi connectivity index (χ2v) is 8.80. The molecule has 3 aromatic heterocycles. The van der Waals surface area contributed by atoms with Gasteiger partial charge < -0.3 is 18.8 Å². The summed E-state index contributed by atoms with van der Waals surface area (Å²) in [5, 5.41) is 9.15. The summed E-state index contributed by atoms with van der Waals surface area (Å²) in [4.78, 5) is 20.2. The number of hydrogen-bond acceptors (Lipinski definition) is 5. The van der Waals surface area contributed by atoms with Gasteiger partial charge in [-0.15, -0.1) is 0 Å². The standard InChI is InChI=1S/C30H27N3O4/c1-21-28(32-30(37-21)23-7-3-2-4-8-23)20-36-25-13-10-22(11-14-25)17-33-18-24(12-15-29(34)35)26(19-33)27-9-5-6-16-31-27/h2-11,13-14,16,18-19H,12,15,17,20H2,1H3,(H,34,35). The molecule has 3 heterocycles. The molecular weight excluding hydrogens is 466 g/mol. The van der Waals surface area contributed by atoms with Gasteiger partial charge in [0.1, 0.15) is 23.8 Å². The minimum Gasteiger partial charge on any atom is -0.487 e. The predicted molar refractivity (Wildman–Crippen MR) is 140 cm³/mol. The van der Waals surface area contributed by atoms with Crippen LogP contribution in [0.3, 0.4) is 0 Å². The minimum absolute atomic E-state index is 0.0771. The van der Waals surface area contributed by atoms with Gasteiger partial charge in [-0.25, -0.2) is 4.98 Å². The average molecular weight is 494 g/mol. The number of benzene rings is 2. The van der Waals surface area contributed by atoms with E-state index in [1.165, 1.54) is 0 Å². The SMILES string of the molecule is Cc1oc(-c2ccccc2)nc1COc1ccc(Cn2cc(CCC(=O)O)c(-c3ccccn3)c2)cc1. The van der Waals surface area contributed by atoms with E-state index in [0.717, 1.165) is 45.2 Å². The Bertz CT molecular complexity index is 1470. The summed E-state index contributed by atoms with van der Waals surface area (Å²) in [7, 11) is 0. The number of pyridine rings is 1. The lowest BCUT2D eigenvalue weighted by Gasteiger charge is -2.07. The van der Waals surface area contributed by atoms with Crippen LogP contribution >= 0.6 is 0 Å². The molecule has 1 N–H and O–H groups in total. The Morgan fingerprint density at radius 2 is 1.78 bits per heavy atom. The van der Waals surface area contributed by atoms with Crippen LogP contribution in [-0.4, -0.2) is 25.6 Å². The topological polar surface area (TPSA) is 90.4 Å². The molecule has 7 nitrogen and oxygen atoms in total. The van der Waals surface area contributed by atoms with E-state index >= 15 is 0 Å². The maximum atomic E-state index is 11.1. The second-order valence-electron chi connectivity index (χ2n) is 8.80. The number of hydrogen-bond donors (Lipinski definition) is 1. The molecule has 0 fully saturated rings. The van der Waals surface area contributed by atoms with Gasteiger partial charge in [0.15, 0.2) is 0 Å². The van der Waals surface area contributed by atoms with E-state index in [1.54, 1.807) is 6.20 Å². The fraction of sp³-hybridized carbons (Fsp3) is 0.167. The van der Waals surface area contributed by atoms with E-state index in [-0.39, 0.29) is 6.42 Å². The van der Waals surface area contributed by atoms with Crippen LogP contribution in [0.4, 0.5) is 0 Å². The van der Waals surface area contributed by atoms with Gasteiger partial charge in [0, 0.05) is 42.7 Å². The number of carbonyl (C=O) groups is 1. The number of ether oxygens (including phenoxy) is 1. The van der Waals surface area contributed by atoms with E-state index < -0.39 is 5.97 Å². The molecule has 0 aliphatic carbocycles. The fourth-order valence-corrected chi connectivity index (χ4v) is 4.16. The van der Waals surface area contributed by atoms with Gasteiger partial charge in [0.2, 0.25) is 5.89 Å². The van der Waals surface area contributed by atoms with Gasteiger partial charge in [-0.2, -0.15) is 0 Å². The van der Waals surface area contributed by atoms with E-state index in [9.17, 15) is 4.79 Å². The van der Waals surface area contributed by atoms with Crippen LogP contribution in [0, 0.1) is 6.92 Å². The molecule has 186 valence electrons. The number of carboxylic acid groups (broad SMARTS) is 1. The van der Waals surface area contributed by atoms with Crippen LogP contribution in [0.1, 0.15) is 29.0 Å². The van der Waals surface area contributed by atoms with Crippen molar-refractivity contribution < 1.29 is 19.1 Å². The summed E-state index contributed by atoms with van der Waals surface area (Å²) in [5.41, 5.74) is 5.57. The monoisotopic (exact) mass is 493 g/mol. The van der Waals surface area contributed by atoms with Crippen molar-refractivity contribution in [2.45, 2.75) is 32.9 Å². The first-order chi connectivity index (χ1) is 18.0. The molecule has 0 saturated carbocycles. The van der Waals surface area contributed by atoms with E-state index in [4.69, 9.17) is 14.3 Å². The zero-order chi connectivity index (χ0) is 25.6. The lowest BCUT2D eigenvalue weighted by atomic mass is 10.1. The number of rotatable bonds is 10. The van der Waals surface area contributed by atoms with Crippen molar-refractivity contribution in [3.05, 3.63) is 114 Å². The van der Waals surface area contributed by atoms with E-state index in [2.05, 4.69) is 14.5 Å².